The summed E-state index contributed by atoms with van der Waals surface area (Å²) in [6, 6.07) is 8.57. The molecule has 2 nitrogen and oxygen atoms in total. The summed E-state index contributed by atoms with van der Waals surface area (Å²) in [6.07, 6.45) is 3.48. The number of hydrogen-bond donors (Lipinski definition) is 2. The average molecular weight is 176 g/mol. The van der Waals surface area contributed by atoms with E-state index >= 15 is 0 Å². The van der Waals surface area contributed by atoms with E-state index in [0.717, 1.165) is 18.5 Å². The van der Waals surface area contributed by atoms with Crippen molar-refractivity contribution >= 4 is 5.69 Å². The molecule has 1 aromatic carbocycles. The van der Waals surface area contributed by atoms with Gasteiger partial charge in [-0.25, -0.2) is 0 Å². The Bertz CT molecular complexity index is 296. The van der Waals surface area contributed by atoms with Crippen LogP contribution in [0.15, 0.2) is 24.3 Å². The number of benzene rings is 1. The highest BCUT2D eigenvalue weighted by Crippen LogP contribution is 2.33. The Labute approximate surface area is 78.9 Å². The van der Waals surface area contributed by atoms with Gasteiger partial charge in [-0.3, -0.25) is 0 Å². The van der Waals surface area contributed by atoms with Crippen molar-refractivity contribution in [2.45, 2.75) is 31.2 Å². The van der Waals surface area contributed by atoms with Crippen LogP contribution in [-0.2, 0) is 0 Å². The van der Waals surface area contributed by atoms with E-state index in [4.69, 9.17) is 11.5 Å². The normalized spacial score (nSPS) is 27.8. The third-order valence-electron chi connectivity index (χ3n) is 2.86. The maximum Gasteiger partial charge on any atom is 0.0316 e. The lowest BCUT2D eigenvalue weighted by molar-refractivity contribution is 0.675. The largest absolute Gasteiger partial charge is 0.399 e. The van der Waals surface area contributed by atoms with Crippen LogP contribution in [0, 0.1) is 0 Å². The predicted octanol–water partition coefficient (Wildman–Crippen LogP) is 1.86. The molecule has 2 heteroatoms. The number of nitrogen functional groups attached to an aromatic ring is 1. The van der Waals surface area contributed by atoms with E-state index in [0.29, 0.717) is 12.0 Å². The first kappa shape index (κ1) is 8.57. The third kappa shape index (κ3) is 1.83. The van der Waals surface area contributed by atoms with Crippen LogP contribution < -0.4 is 11.5 Å². The van der Waals surface area contributed by atoms with Gasteiger partial charge in [0.15, 0.2) is 0 Å². The Morgan fingerprint density at radius 1 is 1.23 bits per heavy atom. The van der Waals surface area contributed by atoms with Crippen molar-refractivity contribution in [1.82, 2.24) is 0 Å². The maximum atomic E-state index is 5.87. The summed E-state index contributed by atoms with van der Waals surface area (Å²) in [5.74, 6) is 0.637. The van der Waals surface area contributed by atoms with Gasteiger partial charge in [0.1, 0.15) is 0 Å². The minimum Gasteiger partial charge on any atom is -0.399 e. The summed E-state index contributed by atoms with van der Waals surface area (Å²) >= 11 is 0. The van der Waals surface area contributed by atoms with Gasteiger partial charge < -0.3 is 11.5 Å². The fourth-order valence-electron chi connectivity index (χ4n) is 2.13. The van der Waals surface area contributed by atoms with E-state index in [1.807, 2.05) is 12.1 Å². The van der Waals surface area contributed by atoms with E-state index in [2.05, 4.69) is 12.1 Å². The van der Waals surface area contributed by atoms with Crippen LogP contribution in [0.2, 0.25) is 0 Å². The Kier molecular flexibility index (Phi) is 2.23. The summed E-state index contributed by atoms with van der Waals surface area (Å²) in [5.41, 5.74) is 13.8. The van der Waals surface area contributed by atoms with Gasteiger partial charge in [0.25, 0.3) is 0 Å². The Hall–Kier alpha value is -1.02. The second-order valence-corrected chi connectivity index (χ2v) is 3.94. The molecule has 0 amide bonds. The third-order valence-corrected chi connectivity index (χ3v) is 2.86. The van der Waals surface area contributed by atoms with E-state index < -0.39 is 0 Å². The number of nitrogens with two attached hydrogens (primary N) is 2. The SMILES string of the molecule is Nc1cccc([C@@H]2CC[C@H](N)C2)c1. The molecule has 0 bridgehead atoms. The number of anilines is 1. The molecule has 1 aliphatic carbocycles. The van der Waals surface area contributed by atoms with Gasteiger partial charge in [-0.2, -0.15) is 0 Å². The standard InChI is InChI=1S/C11H16N2/c12-10-3-1-2-8(6-10)9-4-5-11(13)7-9/h1-3,6,9,11H,4-5,7,12-13H2/t9-,11+/m1/s1. The quantitative estimate of drug-likeness (QED) is 0.642. The van der Waals surface area contributed by atoms with Gasteiger partial charge in [-0.15, -0.1) is 0 Å². The molecular formula is C11H16N2. The summed E-state index contributed by atoms with van der Waals surface area (Å²) in [7, 11) is 0. The molecule has 1 saturated carbocycles. The first-order chi connectivity index (χ1) is 6.25. The molecule has 0 spiro atoms. The van der Waals surface area contributed by atoms with E-state index in [9.17, 15) is 0 Å². The molecule has 0 aromatic heterocycles. The van der Waals surface area contributed by atoms with Crippen molar-refractivity contribution in [3.63, 3.8) is 0 Å². The van der Waals surface area contributed by atoms with Crippen molar-refractivity contribution in [3.8, 4) is 0 Å². The zero-order valence-electron chi connectivity index (χ0n) is 7.74. The van der Waals surface area contributed by atoms with E-state index in [1.54, 1.807) is 0 Å². The number of hydrogen-bond acceptors (Lipinski definition) is 2. The van der Waals surface area contributed by atoms with E-state index in [-0.39, 0.29) is 0 Å². The molecule has 0 aliphatic heterocycles. The molecule has 13 heavy (non-hydrogen) atoms. The predicted molar refractivity (Wildman–Crippen MR) is 55.4 cm³/mol. The van der Waals surface area contributed by atoms with Crippen LogP contribution in [0.4, 0.5) is 5.69 Å². The Balaban J connectivity index is 2.16. The van der Waals surface area contributed by atoms with Crippen LogP contribution in [-0.4, -0.2) is 6.04 Å². The molecule has 70 valence electrons. The summed E-state index contributed by atoms with van der Waals surface area (Å²) in [6.45, 7) is 0. The zero-order valence-corrected chi connectivity index (χ0v) is 7.74. The molecule has 0 radical (unpaired) electrons. The van der Waals surface area contributed by atoms with Gasteiger partial charge >= 0.3 is 0 Å². The summed E-state index contributed by atoms with van der Waals surface area (Å²) in [5, 5.41) is 0. The number of rotatable bonds is 1. The molecule has 2 atom stereocenters. The van der Waals surface area contributed by atoms with Crippen molar-refractivity contribution in [2.75, 3.05) is 5.73 Å². The molecule has 0 unspecified atom stereocenters. The monoisotopic (exact) mass is 176 g/mol. The highest BCUT2D eigenvalue weighted by Gasteiger charge is 2.22. The smallest absolute Gasteiger partial charge is 0.0316 e. The fraction of sp³-hybridized carbons (Fsp3) is 0.455. The Morgan fingerprint density at radius 2 is 2.08 bits per heavy atom. The fourth-order valence-corrected chi connectivity index (χ4v) is 2.13. The van der Waals surface area contributed by atoms with Crippen LogP contribution in [0.1, 0.15) is 30.7 Å². The van der Waals surface area contributed by atoms with Gasteiger partial charge in [-0.1, -0.05) is 12.1 Å². The van der Waals surface area contributed by atoms with Crippen LogP contribution in [0.5, 0.6) is 0 Å². The lowest BCUT2D eigenvalue weighted by Crippen LogP contribution is -2.14. The van der Waals surface area contributed by atoms with Gasteiger partial charge in [0, 0.05) is 11.7 Å². The van der Waals surface area contributed by atoms with Crippen molar-refractivity contribution in [1.29, 1.82) is 0 Å². The average Bonchev–Trinajstić information content (AvgIpc) is 2.52. The first-order valence-electron chi connectivity index (χ1n) is 4.87. The molecule has 1 fully saturated rings. The van der Waals surface area contributed by atoms with Gasteiger partial charge in [-0.05, 0) is 42.9 Å². The molecule has 0 heterocycles. The summed E-state index contributed by atoms with van der Waals surface area (Å²) in [4.78, 5) is 0. The zero-order chi connectivity index (χ0) is 9.26. The molecule has 1 aliphatic rings. The highest BCUT2D eigenvalue weighted by molar-refractivity contribution is 5.42. The topological polar surface area (TPSA) is 52.0 Å². The summed E-state index contributed by atoms with van der Waals surface area (Å²) < 4.78 is 0. The first-order valence-corrected chi connectivity index (χ1v) is 4.87. The molecule has 0 saturated heterocycles. The second kappa shape index (κ2) is 3.38. The van der Waals surface area contributed by atoms with Crippen molar-refractivity contribution in [3.05, 3.63) is 29.8 Å². The van der Waals surface area contributed by atoms with Crippen molar-refractivity contribution in [2.24, 2.45) is 5.73 Å². The molecule has 2 rings (SSSR count). The lowest BCUT2D eigenvalue weighted by Gasteiger charge is -2.10. The van der Waals surface area contributed by atoms with Crippen LogP contribution >= 0.6 is 0 Å². The minimum atomic E-state index is 0.395. The van der Waals surface area contributed by atoms with Crippen molar-refractivity contribution < 1.29 is 0 Å². The molecular weight excluding hydrogens is 160 g/mol. The van der Waals surface area contributed by atoms with Crippen LogP contribution in [0.3, 0.4) is 0 Å². The minimum absolute atomic E-state index is 0.395. The van der Waals surface area contributed by atoms with E-state index in [1.165, 1.54) is 12.0 Å². The van der Waals surface area contributed by atoms with Gasteiger partial charge in [0.05, 0.1) is 0 Å². The van der Waals surface area contributed by atoms with Crippen LogP contribution in [0.25, 0.3) is 0 Å². The Morgan fingerprint density at radius 3 is 2.69 bits per heavy atom. The van der Waals surface area contributed by atoms with Gasteiger partial charge in [0.2, 0.25) is 0 Å². The highest BCUT2D eigenvalue weighted by atomic mass is 14.6. The molecule has 1 aromatic rings. The lowest BCUT2D eigenvalue weighted by atomic mass is 9.97. The second-order valence-electron chi connectivity index (χ2n) is 3.94. The molecule has 4 N–H and O–H groups in total. The maximum absolute atomic E-state index is 5.87.